The van der Waals surface area contributed by atoms with Crippen molar-refractivity contribution in [1.29, 1.82) is 0 Å². The number of halogens is 8. The van der Waals surface area contributed by atoms with Crippen LogP contribution in [-0.4, -0.2) is 39.9 Å². The van der Waals surface area contributed by atoms with Gasteiger partial charge < -0.3 is 4.57 Å². The van der Waals surface area contributed by atoms with Crippen LogP contribution < -0.4 is 0 Å². The zero-order chi connectivity index (χ0) is 26.8. The molecule has 0 fully saturated rings. The summed E-state index contributed by atoms with van der Waals surface area (Å²) < 4.78 is 134. The van der Waals surface area contributed by atoms with Crippen LogP contribution in [0.4, 0.5) is 35.1 Å². The molecule has 0 spiro atoms. The standard InChI is InChI=1S/C21H14F8N4O2S/c1-3-36(34,35)16-11-5-4-6-13(20(24,25)26)12(11)9-30-15(16)18-32-14-7-10(8-31-17(14)33(18)2)19(22,23)21(27,28)29/h4-9H,3H2,1-2H3. The van der Waals surface area contributed by atoms with Gasteiger partial charge in [0.1, 0.15) is 16.1 Å². The van der Waals surface area contributed by atoms with Gasteiger partial charge in [-0.2, -0.15) is 35.1 Å². The molecule has 0 aliphatic rings. The SMILES string of the molecule is CCS(=O)(=O)c1c(-c2nc3cc(C(F)(F)C(F)(F)F)cnc3n2C)ncc2c(C(F)(F)F)cccc12. The second-order valence-corrected chi connectivity index (χ2v) is 9.95. The zero-order valence-electron chi connectivity index (χ0n) is 18.2. The number of alkyl halides is 8. The van der Waals surface area contributed by atoms with Crippen molar-refractivity contribution in [2.24, 2.45) is 7.05 Å². The predicted molar refractivity (Wildman–Crippen MR) is 112 cm³/mol. The van der Waals surface area contributed by atoms with E-state index in [1.807, 2.05) is 0 Å². The Morgan fingerprint density at radius 1 is 0.944 bits per heavy atom. The van der Waals surface area contributed by atoms with Crippen molar-refractivity contribution in [2.75, 3.05) is 5.75 Å². The van der Waals surface area contributed by atoms with Crippen LogP contribution in [0, 0.1) is 0 Å². The molecule has 3 heterocycles. The normalized spacial score (nSPS) is 13.6. The fraction of sp³-hybridized carbons (Fsp3) is 0.286. The van der Waals surface area contributed by atoms with E-state index < -0.39 is 66.5 Å². The Bertz CT molecular complexity index is 1610. The number of benzene rings is 1. The average molecular weight is 538 g/mol. The molecule has 0 radical (unpaired) electrons. The average Bonchev–Trinajstić information content (AvgIpc) is 3.12. The van der Waals surface area contributed by atoms with Crippen LogP contribution in [0.2, 0.25) is 0 Å². The van der Waals surface area contributed by atoms with Gasteiger partial charge >= 0.3 is 18.3 Å². The Balaban J connectivity index is 2.05. The molecule has 0 N–H and O–H groups in total. The molecule has 6 nitrogen and oxygen atoms in total. The van der Waals surface area contributed by atoms with Crippen molar-refractivity contribution in [1.82, 2.24) is 19.5 Å². The molecule has 0 saturated carbocycles. The number of imidazole rings is 1. The molecule has 0 aliphatic heterocycles. The van der Waals surface area contributed by atoms with Crippen LogP contribution in [0.25, 0.3) is 33.5 Å². The summed E-state index contributed by atoms with van der Waals surface area (Å²) in [5, 5.41) is -0.800. The van der Waals surface area contributed by atoms with E-state index in [0.717, 1.165) is 29.0 Å². The van der Waals surface area contributed by atoms with Gasteiger partial charge in [0.15, 0.2) is 21.3 Å². The van der Waals surface area contributed by atoms with Gasteiger partial charge in [-0.05, 0) is 12.1 Å². The monoisotopic (exact) mass is 538 g/mol. The minimum absolute atomic E-state index is 0.183. The summed E-state index contributed by atoms with van der Waals surface area (Å²) in [6.07, 6.45) is -9.61. The van der Waals surface area contributed by atoms with Crippen molar-refractivity contribution >= 4 is 31.8 Å². The van der Waals surface area contributed by atoms with E-state index in [1.165, 1.54) is 14.0 Å². The number of rotatable bonds is 4. The van der Waals surface area contributed by atoms with E-state index >= 15 is 0 Å². The van der Waals surface area contributed by atoms with Crippen LogP contribution in [-0.2, 0) is 29.0 Å². The molecule has 0 aliphatic carbocycles. The minimum atomic E-state index is -5.90. The Labute approximate surface area is 197 Å². The van der Waals surface area contributed by atoms with Gasteiger partial charge in [0.2, 0.25) is 0 Å². The number of hydrogen-bond acceptors (Lipinski definition) is 5. The van der Waals surface area contributed by atoms with Crippen molar-refractivity contribution in [2.45, 2.75) is 30.1 Å². The number of aryl methyl sites for hydroxylation is 1. The molecule has 0 amide bonds. The molecule has 0 bridgehead atoms. The second-order valence-electron chi connectivity index (χ2n) is 7.74. The molecule has 4 aromatic rings. The first-order chi connectivity index (χ1) is 16.5. The van der Waals surface area contributed by atoms with Gasteiger partial charge in [-0.25, -0.2) is 18.4 Å². The number of hydrogen-bond donors (Lipinski definition) is 0. The fourth-order valence-electron chi connectivity index (χ4n) is 3.71. The number of fused-ring (bicyclic) bond motifs is 2. The van der Waals surface area contributed by atoms with Crippen LogP contribution in [0.1, 0.15) is 18.1 Å². The maximum absolute atomic E-state index is 13.8. The van der Waals surface area contributed by atoms with Crippen LogP contribution in [0.5, 0.6) is 0 Å². The molecular formula is C21H14F8N4O2S. The highest BCUT2D eigenvalue weighted by Gasteiger charge is 2.59. The number of aromatic nitrogens is 4. The lowest BCUT2D eigenvalue weighted by Gasteiger charge is -2.19. The predicted octanol–water partition coefficient (Wildman–Crippen LogP) is 5.65. The highest BCUT2D eigenvalue weighted by molar-refractivity contribution is 7.91. The lowest BCUT2D eigenvalue weighted by atomic mass is 10.1. The third-order valence-corrected chi connectivity index (χ3v) is 7.32. The van der Waals surface area contributed by atoms with Crippen molar-refractivity contribution in [3.63, 3.8) is 0 Å². The van der Waals surface area contributed by atoms with E-state index in [4.69, 9.17) is 0 Å². The maximum Gasteiger partial charge on any atom is 0.458 e. The first-order valence-electron chi connectivity index (χ1n) is 10.00. The maximum atomic E-state index is 13.8. The number of nitrogens with zero attached hydrogens (tertiary/aromatic N) is 4. The summed E-state index contributed by atoms with van der Waals surface area (Å²) in [5.74, 6) is -6.07. The highest BCUT2D eigenvalue weighted by Crippen LogP contribution is 2.44. The Kier molecular flexibility index (Phi) is 5.77. The quantitative estimate of drug-likeness (QED) is 0.314. The molecule has 36 heavy (non-hydrogen) atoms. The van der Waals surface area contributed by atoms with Crippen LogP contribution in [0.15, 0.2) is 41.6 Å². The van der Waals surface area contributed by atoms with Crippen molar-refractivity contribution in [3.05, 3.63) is 47.8 Å². The molecule has 4 rings (SSSR count). The number of sulfone groups is 1. The lowest BCUT2D eigenvalue weighted by Crippen LogP contribution is -2.33. The summed E-state index contributed by atoms with van der Waals surface area (Å²) in [7, 11) is -2.97. The van der Waals surface area contributed by atoms with E-state index in [9.17, 15) is 43.5 Å². The summed E-state index contributed by atoms with van der Waals surface area (Å²) in [6.45, 7) is 1.26. The van der Waals surface area contributed by atoms with Gasteiger partial charge in [0.05, 0.1) is 16.9 Å². The molecule has 3 aromatic heterocycles. The van der Waals surface area contributed by atoms with E-state index in [0.29, 0.717) is 12.3 Å². The second kappa shape index (κ2) is 8.08. The molecule has 0 atom stereocenters. The first kappa shape index (κ1) is 25.7. The summed E-state index contributed by atoms with van der Waals surface area (Å²) in [4.78, 5) is 10.9. The largest absolute Gasteiger partial charge is 0.458 e. The Morgan fingerprint density at radius 2 is 1.61 bits per heavy atom. The minimum Gasteiger partial charge on any atom is -0.310 e. The molecule has 0 unspecified atom stereocenters. The molecule has 1 aromatic carbocycles. The highest BCUT2D eigenvalue weighted by atomic mass is 32.2. The lowest BCUT2D eigenvalue weighted by molar-refractivity contribution is -0.289. The molecule has 0 saturated heterocycles. The van der Waals surface area contributed by atoms with E-state index in [1.54, 1.807) is 0 Å². The van der Waals surface area contributed by atoms with Gasteiger partial charge in [0.25, 0.3) is 0 Å². The smallest absolute Gasteiger partial charge is 0.310 e. The fourth-order valence-corrected chi connectivity index (χ4v) is 4.95. The van der Waals surface area contributed by atoms with Crippen molar-refractivity contribution < 1.29 is 43.5 Å². The van der Waals surface area contributed by atoms with Gasteiger partial charge in [-0.3, -0.25) is 4.98 Å². The Hall–Kier alpha value is -3.36. The summed E-state index contributed by atoms with van der Waals surface area (Å²) in [5.41, 5.74) is -3.64. The van der Waals surface area contributed by atoms with Gasteiger partial charge in [-0.15, -0.1) is 0 Å². The third kappa shape index (κ3) is 3.94. The summed E-state index contributed by atoms with van der Waals surface area (Å²) >= 11 is 0. The van der Waals surface area contributed by atoms with Gasteiger partial charge in [0, 0.05) is 30.2 Å². The van der Waals surface area contributed by atoms with Crippen LogP contribution in [0.3, 0.4) is 0 Å². The molecule has 15 heteroatoms. The van der Waals surface area contributed by atoms with Crippen molar-refractivity contribution in [3.8, 4) is 11.5 Å². The molecule has 192 valence electrons. The zero-order valence-corrected chi connectivity index (χ0v) is 19.0. The number of pyridine rings is 2. The van der Waals surface area contributed by atoms with Gasteiger partial charge in [-0.1, -0.05) is 19.1 Å². The van der Waals surface area contributed by atoms with E-state index in [2.05, 4.69) is 15.0 Å². The van der Waals surface area contributed by atoms with Crippen LogP contribution >= 0.6 is 0 Å². The molecular weight excluding hydrogens is 524 g/mol. The summed E-state index contributed by atoms with van der Waals surface area (Å²) in [6, 6.07) is 3.39. The third-order valence-electron chi connectivity index (χ3n) is 5.52. The Morgan fingerprint density at radius 3 is 2.19 bits per heavy atom. The van der Waals surface area contributed by atoms with E-state index in [-0.39, 0.29) is 16.9 Å². The topological polar surface area (TPSA) is 77.7 Å². The first-order valence-corrected chi connectivity index (χ1v) is 11.7.